The van der Waals surface area contributed by atoms with Crippen LogP contribution in [0.15, 0.2) is 24.4 Å². The number of amides is 1. The molecule has 1 aliphatic heterocycles. The maximum atomic E-state index is 12.3. The third kappa shape index (κ3) is 3.71. The van der Waals surface area contributed by atoms with E-state index in [1.807, 2.05) is 32.0 Å². The van der Waals surface area contributed by atoms with Crippen molar-refractivity contribution in [2.45, 2.75) is 13.8 Å². The topological polar surface area (TPSA) is 48.5 Å². The molecule has 1 N–H and O–H groups in total. The van der Waals surface area contributed by atoms with Crippen molar-refractivity contribution in [2.75, 3.05) is 43.4 Å². The van der Waals surface area contributed by atoms with Crippen molar-refractivity contribution >= 4 is 28.7 Å². The first kappa shape index (κ1) is 16.0. The summed E-state index contributed by atoms with van der Waals surface area (Å²) in [5.74, 6) is 0.902. The van der Waals surface area contributed by atoms with Gasteiger partial charge in [-0.1, -0.05) is 0 Å². The molecular formula is C17H22N4OS. The zero-order chi connectivity index (χ0) is 16.4. The lowest BCUT2D eigenvalue weighted by Crippen LogP contribution is -2.44. The predicted molar refractivity (Wildman–Crippen MR) is 95.7 cm³/mol. The number of rotatable bonds is 3. The van der Waals surface area contributed by atoms with E-state index in [4.69, 9.17) is 0 Å². The first-order chi connectivity index (χ1) is 11.0. The lowest BCUT2D eigenvalue weighted by Gasteiger charge is -2.33. The van der Waals surface area contributed by atoms with Crippen molar-refractivity contribution < 1.29 is 4.79 Å². The molecule has 1 fully saturated rings. The molecule has 0 atom stereocenters. The van der Waals surface area contributed by atoms with Gasteiger partial charge in [-0.15, -0.1) is 11.3 Å². The van der Waals surface area contributed by atoms with Crippen LogP contribution in [0.1, 0.15) is 20.1 Å². The van der Waals surface area contributed by atoms with Crippen LogP contribution in [-0.4, -0.2) is 49.0 Å². The number of carbonyl (C=O) groups is 1. The highest BCUT2D eigenvalue weighted by Gasteiger charge is 2.15. The molecule has 3 heterocycles. The predicted octanol–water partition coefficient (Wildman–Crippen LogP) is 2.76. The number of anilines is 2. The second kappa shape index (κ2) is 6.68. The molecule has 1 aliphatic rings. The fourth-order valence-corrected chi connectivity index (χ4v) is 3.49. The molecule has 122 valence electrons. The van der Waals surface area contributed by atoms with Crippen molar-refractivity contribution in [3.05, 3.63) is 39.7 Å². The van der Waals surface area contributed by atoms with Gasteiger partial charge in [0.2, 0.25) is 0 Å². The molecule has 0 unspecified atom stereocenters. The van der Waals surface area contributed by atoms with Crippen LogP contribution < -0.4 is 10.2 Å². The average Bonchev–Trinajstić information content (AvgIpc) is 2.88. The van der Waals surface area contributed by atoms with Crippen molar-refractivity contribution in [2.24, 2.45) is 0 Å². The highest BCUT2D eigenvalue weighted by Crippen LogP contribution is 2.22. The van der Waals surface area contributed by atoms with Crippen LogP contribution in [0.3, 0.4) is 0 Å². The number of hydrogen-bond acceptors (Lipinski definition) is 5. The second-order valence-corrected chi connectivity index (χ2v) is 7.26. The van der Waals surface area contributed by atoms with Gasteiger partial charge in [0.1, 0.15) is 5.82 Å². The largest absolute Gasteiger partial charge is 0.354 e. The fourth-order valence-electron chi connectivity index (χ4n) is 2.56. The smallest absolute Gasteiger partial charge is 0.265 e. The van der Waals surface area contributed by atoms with E-state index >= 15 is 0 Å². The maximum Gasteiger partial charge on any atom is 0.265 e. The van der Waals surface area contributed by atoms with Crippen LogP contribution in [0, 0.1) is 13.8 Å². The molecular weight excluding hydrogens is 308 g/mol. The van der Waals surface area contributed by atoms with Gasteiger partial charge in [0.05, 0.1) is 16.8 Å². The van der Waals surface area contributed by atoms with Crippen molar-refractivity contribution in [1.29, 1.82) is 0 Å². The summed E-state index contributed by atoms with van der Waals surface area (Å²) in [7, 11) is 2.14. The first-order valence-corrected chi connectivity index (χ1v) is 8.62. The zero-order valence-electron chi connectivity index (χ0n) is 13.8. The molecule has 2 aromatic rings. The number of piperazine rings is 1. The SMILES string of the molecule is Cc1cc(C(=O)Nc2ccc(N3CCN(C)CC3)nc2)sc1C. The van der Waals surface area contributed by atoms with Crippen molar-refractivity contribution in [3.63, 3.8) is 0 Å². The minimum atomic E-state index is -0.0691. The van der Waals surface area contributed by atoms with E-state index in [1.165, 1.54) is 16.2 Å². The summed E-state index contributed by atoms with van der Waals surface area (Å²) in [5, 5.41) is 2.92. The highest BCUT2D eigenvalue weighted by molar-refractivity contribution is 7.14. The van der Waals surface area contributed by atoms with Gasteiger partial charge in [-0.2, -0.15) is 0 Å². The highest BCUT2D eigenvalue weighted by atomic mass is 32.1. The van der Waals surface area contributed by atoms with Crippen LogP contribution in [0.25, 0.3) is 0 Å². The third-order valence-electron chi connectivity index (χ3n) is 4.22. The number of nitrogens with zero attached hydrogens (tertiary/aromatic N) is 3. The second-order valence-electron chi connectivity index (χ2n) is 6.00. The van der Waals surface area contributed by atoms with E-state index in [0.29, 0.717) is 0 Å². The van der Waals surface area contributed by atoms with E-state index in [-0.39, 0.29) is 5.91 Å². The number of aryl methyl sites for hydroxylation is 2. The number of carbonyl (C=O) groups excluding carboxylic acids is 1. The molecule has 1 amide bonds. The van der Waals surface area contributed by atoms with Crippen LogP contribution in [0.2, 0.25) is 0 Å². The van der Waals surface area contributed by atoms with E-state index in [1.54, 1.807) is 6.20 Å². The third-order valence-corrected chi connectivity index (χ3v) is 5.37. The number of thiophene rings is 1. The number of pyridine rings is 1. The molecule has 23 heavy (non-hydrogen) atoms. The van der Waals surface area contributed by atoms with Gasteiger partial charge in [-0.3, -0.25) is 4.79 Å². The van der Waals surface area contributed by atoms with E-state index in [2.05, 4.69) is 27.1 Å². The number of likely N-dealkylation sites (N-methyl/N-ethyl adjacent to an activating group) is 1. The minimum absolute atomic E-state index is 0.0691. The first-order valence-electron chi connectivity index (χ1n) is 7.81. The monoisotopic (exact) mass is 330 g/mol. The Morgan fingerprint density at radius 2 is 1.96 bits per heavy atom. The zero-order valence-corrected chi connectivity index (χ0v) is 14.6. The Morgan fingerprint density at radius 3 is 2.52 bits per heavy atom. The van der Waals surface area contributed by atoms with E-state index in [0.717, 1.165) is 48.1 Å². The molecule has 1 saturated heterocycles. The van der Waals surface area contributed by atoms with Crippen molar-refractivity contribution in [1.82, 2.24) is 9.88 Å². The molecule has 0 aliphatic carbocycles. The normalized spacial score (nSPS) is 15.7. The molecule has 5 nitrogen and oxygen atoms in total. The van der Waals surface area contributed by atoms with Gasteiger partial charge >= 0.3 is 0 Å². The molecule has 0 saturated carbocycles. The number of aromatic nitrogens is 1. The van der Waals surface area contributed by atoms with E-state index in [9.17, 15) is 4.79 Å². The van der Waals surface area contributed by atoms with Gasteiger partial charge in [0.25, 0.3) is 5.91 Å². The summed E-state index contributed by atoms with van der Waals surface area (Å²) >= 11 is 1.52. The molecule has 0 radical (unpaired) electrons. The number of nitrogens with one attached hydrogen (secondary N) is 1. The quantitative estimate of drug-likeness (QED) is 0.940. The molecule has 0 spiro atoms. The lowest BCUT2D eigenvalue weighted by molar-refractivity contribution is 0.103. The summed E-state index contributed by atoms with van der Waals surface area (Å²) in [6.45, 7) is 8.14. The molecule has 6 heteroatoms. The summed E-state index contributed by atoms with van der Waals surface area (Å²) < 4.78 is 0. The van der Waals surface area contributed by atoms with Crippen LogP contribution >= 0.6 is 11.3 Å². The van der Waals surface area contributed by atoms with E-state index < -0.39 is 0 Å². The Labute approximate surface area is 140 Å². The maximum absolute atomic E-state index is 12.3. The minimum Gasteiger partial charge on any atom is -0.354 e. The Balaban J connectivity index is 1.64. The van der Waals surface area contributed by atoms with Crippen molar-refractivity contribution in [3.8, 4) is 0 Å². The molecule has 0 bridgehead atoms. The van der Waals surface area contributed by atoms with Gasteiger partial charge in [0.15, 0.2) is 0 Å². The summed E-state index contributed by atoms with van der Waals surface area (Å²) in [5.41, 5.74) is 1.89. The Hall–Kier alpha value is -1.92. The van der Waals surface area contributed by atoms with Gasteiger partial charge in [0, 0.05) is 31.1 Å². The van der Waals surface area contributed by atoms with Crippen LogP contribution in [0.4, 0.5) is 11.5 Å². The fraction of sp³-hybridized carbons (Fsp3) is 0.412. The van der Waals surface area contributed by atoms with Gasteiger partial charge < -0.3 is 15.1 Å². The Kier molecular flexibility index (Phi) is 4.63. The lowest BCUT2D eigenvalue weighted by atomic mass is 10.3. The number of hydrogen-bond donors (Lipinski definition) is 1. The Bertz CT molecular complexity index is 668. The standard InChI is InChI=1S/C17H22N4OS/c1-12-10-15(23-13(12)2)17(22)19-14-4-5-16(18-11-14)21-8-6-20(3)7-9-21/h4-5,10-11H,6-9H2,1-3H3,(H,19,22). The molecule has 0 aromatic carbocycles. The van der Waals surface area contributed by atoms with Gasteiger partial charge in [-0.05, 0) is 44.7 Å². The average molecular weight is 330 g/mol. The summed E-state index contributed by atoms with van der Waals surface area (Å²) in [4.78, 5) is 23.3. The molecule has 3 rings (SSSR count). The summed E-state index contributed by atoms with van der Waals surface area (Å²) in [6.07, 6.45) is 1.73. The molecule has 2 aromatic heterocycles. The van der Waals surface area contributed by atoms with Gasteiger partial charge in [-0.25, -0.2) is 4.98 Å². The van der Waals surface area contributed by atoms with Crippen LogP contribution in [-0.2, 0) is 0 Å². The summed E-state index contributed by atoms with van der Waals surface area (Å²) in [6, 6.07) is 5.83. The Morgan fingerprint density at radius 1 is 1.22 bits per heavy atom. The van der Waals surface area contributed by atoms with Crippen LogP contribution in [0.5, 0.6) is 0 Å².